The van der Waals surface area contributed by atoms with E-state index in [-0.39, 0.29) is 30.2 Å². The Morgan fingerprint density at radius 3 is 2.47 bits per heavy atom. The maximum absolute atomic E-state index is 13.3. The highest BCUT2D eigenvalue weighted by Gasteiger charge is 2.40. The highest BCUT2D eigenvalue weighted by molar-refractivity contribution is 6.18. The fourth-order valence-corrected chi connectivity index (χ4v) is 3.39. The molecular weight excluding hydrogens is 425 g/mol. The molecule has 168 valence electrons. The molecule has 1 aromatic rings. The molecule has 1 unspecified atom stereocenters. The number of nitrogens with one attached hydrogen (secondary N) is 1. The second-order valence-corrected chi connectivity index (χ2v) is 8.32. The van der Waals surface area contributed by atoms with E-state index in [1.807, 2.05) is 6.92 Å². The van der Waals surface area contributed by atoms with Crippen LogP contribution >= 0.6 is 11.6 Å². The zero-order chi connectivity index (χ0) is 22.7. The molecule has 2 amide bonds. The number of amides is 2. The van der Waals surface area contributed by atoms with Crippen LogP contribution < -0.4 is 10.2 Å². The van der Waals surface area contributed by atoms with E-state index in [0.29, 0.717) is 6.42 Å². The van der Waals surface area contributed by atoms with Crippen molar-refractivity contribution < 1.29 is 32.2 Å². The highest BCUT2D eigenvalue weighted by Crippen LogP contribution is 2.42. The van der Waals surface area contributed by atoms with Crippen LogP contribution in [-0.2, 0) is 15.7 Å². The standard InChI is InChI=1S/C20H26ClF3N2O4/c1-5-13-11-15(25-17(27)30-19(2,3)4)14-10-12(20(22,23)24)6-7-16(14)26(13)18(28)29-9-8-21/h6-7,10,13,15H,5,8-9,11H2,1-4H3,(H,25,27)/t13?,15-/m0/s1. The first kappa shape index (κ1) is 24.1. The molecular formula is C20H26ClF3N2O4. The number of anilines is 1. The Balaban J connectivity index is 2.47. The smallest absolute Gasteiger partial charge is 0.416 e. The van der Waals surface area contributed by atoms with E-state index in [1.54, 1.807) is 20.8 Å². The van der Waals surface area contributed by atoms with Crippen LogP contribution in [0, 0.1) is 0 Å². The van der Waals surface area contributed by atoms with Crippen molar-refractivity contribution in [2.45, 2.75) is 64.4 Å². The SMILES string of the molecule is CCC1C[C@H](NC(=O)OC(C)(C)C)c2cc(C(F)(F)F)ccc2N1C(=O)OCCCl. The van der Waals surface area contributed by atoms with Crippen LogP contribution in [0.1, 0.15) is 57.7 Å². The number of hydrogen-bond acceptors (Lipinski definition) is 4. The predicted molar refractivity (Wildman–Crippen MR) is 107 cm³/mol. The molecule has 30 heavy (non-hydrogen) atoms. The van der Waals surface area contributed by atoms with Crippen molar-refractivity contribution in [3.8, 4) is 0 Å². The predicted octanol–water partition coefficient (Wildman–Crippen LogP) is 5.64. The number of halogens is 4. The van der Waals surface area contributed by atoms with Crippen molar-refractivity contribution in [2.24, 2.45) is 0 Å². The van der Waals surface area contributed by atoms with Gasteiger partial charge in [-0.15, -0.1) is 11.6 Å². The third-order valence-corrected chi connectivity index (χ3v) is 4.68. The van der Waals surface area contributed by atoms with Crippen molar-refractivity contribution >= 4 is 29.5 Å². The fourth-order valence-electron chi connectivity index (χ4n) is 3.31. The summed E-state index contributed by atoms with van der Waals surface area (Å²) in [5.74, 6) is 0.0963. The lowest BCUT2D eigenvalue weighted by molar-refractivity contribution is -0.137. The van der Waals surface area contributed by atoms with E-state index >= 15 is 0 Å². The van der Waals surface area contributed by atoms with Crippen molar-refractivity contribution in [3.63, 3.8) is 0 Å². The minimum Gasteiger partial charge on any atom is -0.448 e. The van der Waals surface area contributed by atoms with E-state index in [0.717, 1.165) is 12.1 Å². The average Bonchev–Trinajstić information content (AvgIpc) is 2.63. The first-order valence-electron chi connectivity index (χ1n) is 9.60. The van der Waals surface area contributed by atoms with E-state index in [2.05, 4.69) is 5.32 Å². The van der Waals surface area contributed by atoms with Crippen LogP contribution in [0.3, 0.4) is 0 Å². The van der Waals surface area contributed by atoms with Gasteiger partial charge in [-0.2, -0.15) is 13.2 Å². The van der Waals surface area contributed by atoms with Gasteiger partial charge >= 0.3 is 18.4 Å². The third-order valence-electron chi connectivity index (χ3n) is 4.52. The molecule has 1 heterocycles. The minimum atomic E-state index is -4.57. The molecule has 0 saturated heterocycles. The van der Waals surface area contributed by atoms with Crippen LogP contribution in [0.5, 0.6) is 0 Å². The van der Waals surface area contributed by atoms with E-state index in [9.17, 15) is 22.8 Å². The summed E-state index contributed by atoms with van der Waals surface area (Å²) in [7, 11) is 0. The van der Waals surface area contributed by atoms with Crippen LogP contribution in [0.15, 0.2) is 18.2 Å². The second kappa shape index (κ2) is 9.32. The Labute approximate surface area is 178 Å². The molecule has 0 fully saturated rings. The summed E-state index contributed by atoms with van der Waals surface area (Å²) < 4.78 is 50.3. The molecule has 1 N–H and O–H groups in total. The molecule has 1 aliphatic rings. The van der Waals surface area contributed by atoms with Gasteiger partial charge in [0.25, 0.3) is 0 Å². The summed E-state index contributed by atoms with van der Waals surface area (Å²) in [6.45, 7) is 6.88. The molecule has 0 saturated carbocycles. The van der Waals surface area contributed by atoms with Gasteiger partial charge in [-0.1, -0.05) is 6.92 Å². The molecule has 2 atom stereocenters. The van der Waals surface area contributed by atoms with Gasteiger partial charge in [0, 0.05) is 6.04 Å². The van der Waals surface area contributed by atoms with Crippen LogP contribution in [0.4, 0.5) is 28.4 Å². The number of benzene rings is 1. The second-order valence-electron chi connectivity index (χ2n) is 7.94. The number of rotatable bonds is 4. The third kappa shape index (κ3) is 5.93. The molecule has 0 radical (unpaired) electrons. The Bertz CT molecular complexity index is 780. The normalized spacial score (nSPS) is 19.1. The Morgan fingerprint density at radius 1 is 1.27 bits per heavy atom. The van der Waals surface area contributed by atoms with Crippen LogP contribution in [-0.4, -0.2) is 36.3 Å². The summed E-state index contributed by atoms with van der Waals surface area (Å²) in [6.07, 6.45) is -5.30. The number of ether oxygens (including phenoxy) is 2. The van der Waals surface area contributed by atoms with Crippen molar-refractivity contribution in [3.05, 3.63) is 29.3 Å². The van der Waals surface area contributed by atoms with Gasteiger partial charge in [0.05, 0.1) is 23.2 Å². The quantitative estimate of drug-likeness (QED) is 0.603. The van der Waals surface area contributed by atoms with Gasteiger partial charge in [0.1, 0.15) is 12.2 Å². The first-order chi connectivity index (χ1) is 13.9. The maximum atomic E-state index is 13.3. The molecule has 6 nitrogen and oxygen atoms in total. The topological polar surface area (TPSA) is 67.9 Å². The largest absolute Gasteiger partial charge is 0.448 e. The van der Waals surface area contributed by atoms with Crippen LogP contribution in [0.2, 0.25) is 0 Å². The summed E-state index contributed by atoms with van der Waals surface area (Å²) in [5.41, 5.74) is -1.22. The average molecular weight is 451 g/mol. The fraction of sp³-hybridized carbons (Fsp3) is 0.600. The highest BCUT2D eigenvalue weighted by atomic mass is 35.5. The molecule has 0 aromatic heterocycles. The molecule has 0 spiro atoms. The zero-order valence-corrected chi connectivity index (χ0v) is 18.1. The zero-order valence-electron chi connectivity index (χ0n) is 17.3. The number of fused-ring (bicyclic) bond motifs is 1. The van der Waals surface area contributed by atoms with Gasteiger partial charge < -0.3 is 14.8 Å². The summed E-state index contributed by atoms with van der Waals surface area (Å²) in [6, 6.07) is 1.93. The lowest BCUT2D eigenvalue weighted by Crippen LogP contribution is -2.48. The summed E-state index contributed by atoms with van der Waals surface area (Å²) in [4.78, 5) is 26.2. The van der Waals surface area contributed by atoms with Crippen molar-refractivity contribution in [1.29, 1.82) is 0 Å². The lowest BCUT2D eigenvalue weighted by Gasteiger charge is -2.40. The van der Waals surface area contributed by atoms with Crippen molar-refractivity contribution in [1.82, 2.24) is 5.32 Å². The summed E-state index contributed by atoms with van der Waals surface area (Å²) in [5, 5.41) is 2.65. The molecule has 0 bridgehead atoms. The van der Waals surface area contributed by atoms with Gasteiger partial charge in [0.15, 0.2) is 0 Å². The molecule has 0 aliphatic carbocycles. The maximum Gasteiger partial charge on any atom is 0.416 e. The van der Waals surface area contributed by atoms with Crippen molar-refractivity contribution in [2.75, 3.05) is 17.4 Å². The molecule has 1 aromatic carbocycles. The van der Waals surface area contributed by atoms with Crippen LogP contribution in [0.25, 0.3) is 0 Å². The Hall–Kier alpha value is -2.16. The van der Waals surface area contributed by atoms with Gasteiger partial charge in [-0.3, -0.25) is 4.90 Å². The number of hydrogen-bond donors (Lipinski definition) is 1. The monoisotopic (exact) mass is 450 g/mol. The minimum absolute atomic E-state index is 0.0249. The van der Waals surface area contributed by atoms with Gasteiger partial charge in [-0.25, -0.2) is 9.59 Å². The van der Waals surface area contributed by atoms with E-state index in [1.165, 1.54) is 11.0 Å². The molecule has 1 aliphatic heterocycles. The first-order valence-corrected chi connectivity index (χ1v) is 10.1. The molecule has 10 heteroatoms. The lowest BCUT2D eigenvalue weighted by atomic mass is 9.89. The van der Waals surface area contributed by atoms with Gasteiger partial charge in [-0.05, 0) is 57.4 Å². The van der Waals surface area contributed by atoms with E-state index in [4.69, 9.17) is 21.1 Å². The van der Waals surface area contributed by atoms with Gasteiger partial charge in [0.2, 0.25) is 0 Å². The number of alkyl carbamates (subject to hydrolysis) is 1. The Kier molecular flexibility index (Phi) is 7.49. The summed E-state index contributed by atoms with van der Waals surface area (Å²) >= 11 is 5.58. The number of carbonyl (C=O) groups excluding carboxylic acids is 2. The molecule has 2 rings (SSSR count). The van der Waals surface area contributed by atoms with E-state index < -0.39 is 41.6 Å². The number of alkyl halides is 4. The Morgan fingerprint density at radius 2 is 1.93 bits per heavy atom. The number of nitrogens with zero attached hydrogens (tertiary/aromatic N) is 1. The number of carbonyl (C=O) groups is 2.